The van der Waals surface area contributed by atoms with E-state index in [2.05, 4.69) is 25.9 Å². The molecule has 3 aliphatic rings. The number of carbonyl (C=O) groups excluding carboxylic acids is 1. The van der Waals surface area contributed by atoms with Crippen molar-refractivity contribution < 1.29 is 4.79 Å². The van der Waals surface area contributed by atoms with E-state index in [1.165, 1.54) is 62.7 Å². The van der Waals surface area contributed by atoms with E-state index >= 15 is 0 Å². The molecule has 3 rings (SSSR count). The zero-order valence-electron chi connectivity index (χ0n) is 17.6. The molecule has 0 saturated heterocycles. The molecule has 5 heteroatoms. The highest BCUT2D eigenvalue weighted by Gasteiger charge is 2.57. The molecule has 154 valence electrons. The molecule has 0 spiro atoms. The molecule has 0 bridgehead atoms. The molecule has 7 atom stereocenters. The highest BCUT2D eigenvalue weighted by molar-refractivity contribution is 5.85. The first-order valence-corrected chi connectivity index (χ1v) is 11.2. The number of carbonyl (C=O) groups is 1. The van der Waals surface area contributed by atoms with E-state index in [1.807, 2.05) is 0 Å². The smallest absolute Gasteiger partial charge is 0.157 e. The lowest BCUT2D eigenvalue weighted by atomic mass is 9.50. The van der Waals surface area contributed by atoms with Crippen molar-refractivity contribution in [3.8, 4) is 0 Å². The van der Waals surface area contributed by atoms with Crippen LogP contribution in [0.3, 0.4) is 0 Å². The Bertz CT molecular complexity index is 550. The number of hydrogen-bond acceptors (Lipinski definition) is 4. The quantitative estimate of drug-likeness (QED) is 0.305. The third-order valence-corrected chi connectivity index (χ3v) is 8.61. The van der Waals surface area contributed by atoms with Gasteiger partial charge < -0.3 is 5.84 Å². The van der Waals surface area contributed by atoms with Gasteiger partial charge in [0.25, 0.3) is 0 Å². The predicted molar refractivity (Wildman–Crippen MR) is 111 cm³/mol. The Kier molecular flexibility index (Phi) is 6.50. The average Bonchev–Trinajstić information content (AvgIpc) is 2.99. The fraction of sp³-hybridized carbons (Fsp3) is 0.909. The lowest BCUT2D eigenvalue weighted by molar-refractivity contribution is -0.130. The molecule has 5 nitrogen and oxygen atoms in total. The Morgan fingerprint density at radius 3 is 2.63 bits per heavy atom. The second kappa shape index (κ2) is 8.50. The molecule has 4 N–H and O–H groups in total. The number of ketones is 1. The van der Waals surface area contributed by atoms with Crippen LogP contribution in [0.15, 0.2) is 5.10 Å². The third-order valence-electron chi connectivity index (χ3n) is 8.61. The van der Waals surface area contributed by atoms with Crippen molar-refractivity contribution >= 4 is 12.1 Å². The van der Waals surface area contributed by atoms with Gasteiger partial charge in [-0.1, -0.05) is 40.0 Å². The van der Waals surface area contributed by atoms with Crippen LogP contribution in [0.5, 0.6) is 0 Å². The van der Waals surface area contributed by atoms with Gasteiger partial charge in [0, 0.05) is 5.92 Å². The van der Waals surface area contributed by atoms with E-state index < -0.39 is 0 Å². The van der Waals surface area contributed by atoms with Crippen LogP contribution >= 0.6 is 0 Å². The summed E-state index contributed by atoms with van der Waals surface area (Å²) in [5.74, 6) is 15.7. The van der Waals surface area contributed by atoms with Crippen LogP contribution in [-0.4, -0.2) is 23.7 Å². The minimum absolute atomic E-state index is 0.147. The molecule has 0 aromatic rings. The van der Waals surface area contributed by atoms with Gasteiger partial charge >= 0.3 is 0 Å². The minimum atomic E-state index is 0.147. The Morgan fingerprint density at radius 2 is 1.96 bits per heavy atom. The van der Waals surface area contributed by atoms with Gasteiger partial charge in [-0.15, -0.1) is 0 Å². The van der Waals surface area contributed by atoms with Crippen molar-refractivity contribution in [1.29, 1.82) is 0 Å². The van der Waals surface area contributed by atoms with E-state index in [0.717, 1.165) is 36.0 Å². The molecule has 0 aromatic carbocycles. The zero-order chi connectivity index (χ0) is 19.6. The standard InChI is InChI=1S/C22H40N4O/c1-4-6-16-15(5-2)7-8-18-17(16)11-12-22(3)19(18)9-10-20(22)21(27)13-26(24)14-25-23/h14-20H,4-13,23-24H2,1-3H3/b25-14-. The molecule has 3 saturated carbocycles. The Morgan fingerprint density at radius 1 is 1.19 bits per heavy atom. The number of fused-ring (bicyclic) bond motifs is 3. The maximum atomic E-state index is 13.0. The fourth-order valence-electron chi connectivity index (χ4n) is 7.47. The topological polar surface area (TPSA) is 84.7 Å². The average molecular weight is 377 g/mol. The van der Waals surface area contributed by atoms with Gasteiger partial charge in [0.2, 0.25) is 0 Å². The van der Waals surface area contributed by atoms with E-state index in [0.29, 0.717) is 0 Å². The van der Waals surface area contributed by atoms with Gasteiger partial charge in [-0.3, -0.25) is 9.80 Å². The van der Waals surface area contributed by atoms with Gasteiger partial charge in [0.05, 0.1) is 6.54 Å². The molecule has 3 fully saturated rings. The van der Waals surface area contributed by atoms with E-state index in [9.17, 15) is 4.79 Å². The summed E-state index contributed by atoms with van der Waals surface area (Å²) in [7, 11) is 0. The Hall–Kier alpha value is -1.10. The summed E-state index contributed by atoms with van der Waals surface area (Å²) >= 11 is 0. The molecule has 27 heavy (non-hydrogen) atoms. The second-order valence-corrected chi connectivity index (χ2v) is 9.71. The van der Waals surface area contributed by atoms with Crippen LogP contribution in [0.4, 0.5) is 0 Å². The van der Waals surface area contributed by atoms with Crippen LogP contribution in [0.1, 0.15) is 78.6 Å². The molecule has 0 radical (unpaired) electrons. The highest BCUT2D eigenvalue weighted by Crippen LogP contribution is 2.63. The van der Waals surface area contributed by atoms with Crippen LogP contribution in [0.2, 0.25) is 0 Å². The molecule has 0 aromatic heterocycles. The largest absolute Gasteiger partial charge is 0.322 e. The summed E-state index contributed by atoms with van der Waals surface area (Å²) in [5, 5.41) is 4.76. The zero-order valence-corrected chi connectivity index (χ0v) is 17.6. The summed E-state index contributed by atoms with van der Waals surface area (Å²) in [4.78, 5) is 13.0. The lowest BCUT2D eigenvalue weighted by Crippen LogP contribution is -2.49. The maximum Gasteiger partial charge on any atom is 0.157 e. The molecule has 3 aliphatic carbocycles. The number of Topliss-reactive ketones (excluding diaryl/α,β-unsaturated/α-hetero) is 1. The van der Waals surface area contributed by atoms with Crippen molar-refractivity contribution in [2.24, 2.45) is 57.7 Å². The number of nitrogens with zero attached hydrogens (tertiary/aromatic N) is 2. The summed E-state index contributed by atoms with van der Waals surface area (Å²) in [6.07, 6.45) is 12.9. The molecular weight excluding hydrogens is 336 g/mol. The predicted octanol–water partition coefficient (Wildman–Crippen LogP) is 3.93. The van der Waals surface area contributed by atoms with Crippen molar-refractivity contribution in [1.82, 2.24) is 5.01 Å². The van der Waals surface area contributed by atoms with Gasteiger partial charge in [0.1, 0.15) is 6.34 Å². The summed E-state index contributed by atoms with van der Waals surface area (Å²) in [6, 6.07) is 0. The summed E-state index contributed by atoms with van der Waals surface area (Å²) in [5.41, 5.74) is 0.161. The van der Waals surface area contributed by atoms with Crippen LogP contribution < -0.4 is 11.7 Å². The third kappa shape index (κ3) is 3.76. The molecule has 0 aliphatic heterocycles. The van der Waals surface area contributed by atoms with Gasteiger partial charge in [0.15, 0.2) is 5.78 Å². The monoisotopic (exact) mass is 376 g/mol. The molecule has 7 unspecified atom stereocenters. The van der Waals surface area contributed by atoms with Crippen molar-refractivity contribution in [3.63, 3.8) is 0 Å². The Balaban J connectivity index is 1.74. The van der Waals surface area contributed by atoms with Crippen LogP contribution in [-0.2, 0) is 4.79 Å². The number of hydrogen-bond donors (Lipinski definition) is 2. The Labute approximate surface area is 165 Å². The van der Waals surface area contributed by atoms with Crippen LogP contribution in [0.25, 0.3) is 0 Å². The minimum Gasteiger partial charge on any atom is -0.322 e. The molecule has 0 heterocycles. The molecule has 0 amide bonds. The first-order valence-electron chi connectivity index (χ1n) is 11.2. The van der Waals surface area contributed by atoms with Crippen molar-refractivity contribution in [2.75, 3.05) is 6.54 Å². The van der Waals surface area contributed by atoms with Gasteiger partial charge in [-0.25, -0.2) is 5.84 Å². The number of hydrazine groups is 1. The van der Waals surface area contributed by atoms with E-state index in [-0.39, 0.29) is 23.7 Å². The highest BCUT2D eigenvalue weighted by atomic mass is 16.1. The SMILES string of the molecule is CCCC1C(CC)CCC2C1CCC1(C)C(C(=O)CN(N)/C=N\N)CCC21. The normalized spacial score (nSPS) is 41.3. The number of hydrazone groups is 1. The first kappa shape index (κ1) is 20.6. The molecular formula is C22H40N4O. The van der Waals surface area contributed by atoms with E-state index in [1.54, 1.807) is 0 Å². The summed E-state index contributed by atoms with van der Waals surface area (Å²) in [6.45, 7) is 7.35. The number of rotatable bonds is 7. The number of nitrogens with two attached hydrogens (primary N) is 2. The van der Waals surface area contributed by atoms with Gasteiger partial charge in [-0.2, -0.15) is 5.10 Å². The van der Waals surface area contributed by atoms with E-state index in [4.69, 9.17) is 11.7 Å². The van der Waals surface area contributed by atoms with Crippen molar-refractivity contribution in [2.45, 2.75) is 78.6 Å². The van der Waals surface area contributed by atoms with Gasteiger partial charge in [-0.05, 0) is 73.5 Å². The lowest BCUT2D eigenvalue weighted by Gasteiger charge is -2.54. The second-order valence-electron chi connectivity index (χ2n) is 9.71. The first-order chi connectivity index (χ1) is 13.0. The fourth-order valence-corrected chi connectivity index (χ4v) is 7.47. The maximum absolute atomic E-state index is 13.0. The summed E-state index contributed by atoms with van der Waals surface area (Å²) < 4.78 is 0. The van der Waals surface area contributed by atoms with Crippen LogP contribution in [0, 0.1) is 40.9 Å². The van der Waals surface area contributed by atoms with Crippen molar-refractivity contribution in [3.05, 3.63) is 0 Å².